The van der Waals surface area contributed by atoms with E-state index in [0.29, 0.717) is 5.56 Å². The largest absolute Gasteiger partial charge is 0.462 e. The molecule has 0 unspecified atom stereocenters. The van der Waals surface area contributed by atoms with E-state index in [4.69, 9.17) is 4.74 Å². The lowest BCUT2D eigenvalue weighted by Gasteiger charge is -2.11. The maximum atomic E-state index is 13.4. The van der Waals surface area contributed by atoms with Crippen LogP contribution in [0.2, 0.25) is 0 Å². The highest BCUT2D eigenvalue weighted by molar-refractivity contribution is 9.08. The van der Waals surface area contributed by atoms with Crippen LogP contribution in [0.3, 0.4) is 0 Å². The second-order valence-corrected chi connectivity index (χ2v) is 3.73. The summed E-state index contributed by atoms with van der Waals surface area (Å²) in [5.74, 6) is -2.36. The van der Waals surface area contributed by atoms with Gasteiger partial charge in [0.1, 0.15) is 0 Å². The van der Waals surface area contributed by atoms with Gasteiger partial charge in [0.25, 0.3) is 0 Å². The molecular weight excluding hydrogens is 317 g/mol. The second-order valence-electron chi connectivity index (χ2n) is 3.17. The predicted octanol–water partition coefficient (Wildman–Crippen LogP) is 3.50. The predicted molar refractivity (Wildman–Crippen MR) is 61.6 cm³/mol. The lowest BCUT2D eigenvalue weighted by Crippen LogP contribution is -2.10. The standard InChI is InChI=1S/C11H10BrF3O3/c1-2-17-10(16)7-4-8(13)9(18-11(14)15)3-6(7)5-12/h3-4,11H,2,5H2,1H3. The molecule has 0 aliphatic carbocycles. The van der Waals surface area contributed by atoms with Crippen LogP contribution in [0.5, 0.6) is 5.75 Å². The molecular formula is C11H10BrF3O3. The number of alkyl halides is 3. The van der Waals surface area contributed by atoms with Crippen LogP contribution < -0.4 is 4.74 Å². The molecule has 0 saturated heterocycles. The first kappa shape index (κ1) is 14.8. The Morgan fingerprint density at radius 3 is 2.61 bits per heavy atom. The molecule has 0 atom stereocenters. The fraction of sp³-hybridized carbons (Fsp3) is 0.364. The minimum atomic E-state index is -3.13. The van der Waals surface area contributed by atoms with Crippen LogP contribution in [0.4, 0.5) is 13.2 Å². The van der Waals surface area contributed by atoms with Gasteiger partial charge in [0, 0.05) is 5.33 Å². The average Bonchev–Trinajstić information content (AvgIpc) is 2.31. The van der Waals surface area contributed by atoms with Gasteiger partial charge in [-0.1, -0.05) is 15.9 Å². The average molecular weight is 327 g/mol. The number of esters is 1. The van der Waals surface area contributed by atoms with Gasteiger partial charge in [0.15, 0.2) is 11.6 Å². The number of carbonyl (C=O) groups is 1. The van der Waals surface area contributed by atoms with Crippen molar-refractivity contribution in [1.29, 1.82) is 0 Å². The summed E-state index contributed by atoms with van der Waals surface area (Å²) < 4.78 is 46.2. The molecule has 0 aliphatic rings. The minimum absolute atomic E-state index is 0.0205. The molecule has 0 heterocycles. The molecule has 0 aromatic heterocycles. The SMILES string of the molecule is CCOC(=O)c1cc(F)c(OC(F)F)cc1CBr. The monoisotopic (exact) mass is 326 g/mol. The lowest BCUT2D eigenvalue weighted by molar-refractivity contribution is -0.0522. The van der Waals surface area contributed by atoms with Crippen LogP contribution >= 0.6 is 15.9 Å². The number of hydrogen-bond acceptors (Lipinski definition) is 3. The van der Waals surface area contributed by atoms with E-state index >= 15 is 0 Å². The van der Waals surface area contributed by atoms with Crippen LogP contribution in [0, 0.1) is 5.82 Å². The second kappa shape index (κ2) is 6.63. The molecule has 0 spiro atoms. The molecule has 0 amide bonds. The summed E-state index contributed by atoms with van der Waals surface area (Å²) in [7, 11) is 0. The first-order chi connectivity index (χ1) is 8.49. The molecule has 0 fully saturated rings. The Hall–Kier alpha value is -1.24. The Labute approximate surface area is 110 Å². The van der Waals surface area contributed by atoms with Crippen LogP contribution in [0.1, 0.15) is 22.8 Å². The summed E-state index contributed by atoms with van der Waals surface area (Å²) in [5, 5.41) is 0.182. The molecule has 1 aromatic rings. The van der Waals surface area contributed by atoms with Gasteiger partial charge in [0.05, 0.1) is 12.2 Å². The Balaban J connectivity index is 3.14. The first-order valence-corrected chi connectivity index (χ1v) is 6.12. The summed E-state index contributed by atoms with van der Waals surface area (Å²) in [6.45, 7) is -1.38. The van der Waals surface area contributed by atoms with Crippen molar-refractivity contribution in [2.75, 3.05) is 6.61 Å². The molecule has 1 rings (SSSR count). The molecule has 0 bridgehead atoms. The minimum Gasteiger partial charge on any atom is -0.462 e. The molecule has 0 saturated carbocycles. The highest BCUT2D eigenvalue weighted by atomic mass is 79.9. The fourth-order valence-corrected chi connectivity index (χ4v) is 1.76. The highest BCUT2D eigenvalue weighted by Gasteiger charge is 2.18. The summed E-state index contributed by atoms with van der Waals surface area (Å²) in [4.78, 5) is 11.5. The van der Waals surface area contributed by atoms with Gasteiger partial charge in [-0.25, -0.2) is 9.18 Å². The van der Waals surface area contributed by atoms with Crippen molar-refractivity contribution >= 4 is 21.9 Å². The number of rotatable bonds is 5. The van der Waals surface area contributed by atoms with Crippen molar-refractivity contribution < 1.29 is 27.4 Å². The number of carbonyl (C=O) groups excluding carboxylic acids is 1. The third-order valence-electron chi connectivity index (χ3n) is 2.01. The van der Waals surface area contributed by atoms with Crippen molar-refractivity contribution in [3.63, 3.8) is 0 Å². The molecule has 0 N–H and O–H groups in total. The van der Waals surface area contributed by atoms with Crippen molar-refractivity contribution in [2.24, 2.45) is 0 Å². The van der Waals surface area contributed by atoms with E-state index in [1.165, 1.54) is 0 Å². The van der Waals surface area contributed by atoms with E-state index in [1.54, 1.807) is 6.92 Å². The van der Waals surface area contributed by atoms with Crippen LogP contribution in [0.15, 0.2) is 12.1 Å². The Bertz CT molecular complexity index is 438. The fourth-order valence-electron chi connectivity index (χ4n) is 1.29. The zero-order valence-corrected chi connectivity index (χ0v) is 11.0. The summed E-state index contributed by atoms with van der Waals surface area (Å²) >= 11 is 3.08. The van der Waals surface area contributed by atoms with Crippen molar-refractivity contribution in [2.45, 2.75) is 18.9 Å². The number of hydrogen-bond donors (Lipinski definition) is 0. The van der Waals surface area contributed by atoms with E-state index < -0.39 is 24.1 Å². The summed E-state index contributed by atoms with van der Waals surface area (Å²) in [6.07, 6.45) is 0. The van der Waals surface area contributed by atoms with Crippen molar-refractivity contribution in [3.8, 4) is 5.75 Å². The van der Waals surface area contributed by atoms with Crippen LogP contribution in [0.25, 0.3) is 0 Å². The Kier molecular flexibility index (Phi) is 5.46. The van der Waals surface area contributed by atoms with E-state index in [-0.39, 0.29) is 17.5 Å². The number of benzene rings is 1. The van der Waals surface area contributed by atoms with Gasteiger partial charge in [0.2, 0.25) is 0 Å². The van der Waals surface area contributed by atoms with Gasteiger partial charge in [-0.2, -0.15) is 8.78 Å². The first-order valence-electron chi connectivity index (χ1n) is 4.99. The molecule has 18 heavy (non-hydrogen) atoms. The van der Waals surface area contributed by atoms with E-state index in [9.17, 15) is 18.0 Å². The van der Waals surface area contributed by atoms with E-state index in [2.05, 4.69) is 20.7 Å². The summed E-state index contributed by atoms with van der Waals surface area (Å²) in [5.41, 5.74) is 0.290. The Morgan fingerprint density at radius 2 is 2.11 bits per heavy atom. The van der Waals surface area contributed by atoms with E-state index in [0.717, 1.165) is 12.1 Å². The smallest absolute Gasteiger partial charge is 0.387 e. The lowest BCUT2D eigenvalue weighted by atomic mass is 10.1. The molecule has 100 valence electrons. The zero-order valence-electron chi connectivity index (χ0n) is 9.38. The van der Waals surface area contributed by atoms with Crippen LogP contribution in [-0.4, -0.2) is 19.2 Å². The van der Waals surface area contributed by atoms with Gasteiger partial charge >= 0.3 is 12.6 Å². The highest BCUT2D eigenvalue weighted by Crippen LogP contribution is 2.26. The molecule has 7 heteroatoms. The van der Waals surface area contributed by atoms with Gasteiger partial charge in [-0.05, 0) is 24.6 Å². The third-order valence-corrected chi connectivity index (χ3v) is 2.62. The topological polar surface area (TPSA) is 35.5 Å². The van der Waals surface area contributed by atoms with Gasteiger partial charge < -0.3 is 9.47 Å². The van der Waals surface area contributed by atoms with Gasteiger partial charge in [-0.3, -0.25) is 0 Å². The molecule has 0 aliphatic heterocycles. The molecule has 1 aromatic carbocycles. The Morgan fingerprint density at radius 1 is 1.44 bits per heavy atom. The van der Waals surface area contributed by atoms with Crippen molar-refractivity contribution in [3.05, 3.63) is 29.1 Å². The van der Waals surface area contributed by atoms with Crippen molar-refractivity contribution in [1.82, 2.24) is 0 Å². The number of halogens is 4. The molecule has 0 radical (unpaired) electrons. The van der Waals surface area contributed by atoms with Gasteiger partial charge in [-0.15, -0.1) is 0 Å². The third kappa shape index (κ3) is 3.63. The van der Waals surface area contributed by atoms with Crippen LogP contribution in [-0.2, 0) is 10.1 Å². The van der Waals surface area contributed by atoms with E-state index in [1.807, 2.05) is 0 Å². The zero-order chi connectivity index (χ0) is 13.7. The summed E-state index contributed by atoms with van der Waals surface area (Å²) in [6, 6.07) is 1.87. The maximum absolute atomic E-state index is 13.4. The quantitative estimate of drug-likeness (QED) is 0.613. The normalized spacial score (nSPS) is 10.6. The maximum Gasteiger partial charge on any atom is 0.387 e. The number of ether oxygens (including phenoxy) is 2. The molecule has 3 nitrogen and oxygen atoms in total.